The zero-order valence-electron chi connectivity index (χ0n) is 15.7. The van der Waals surface area contributed by atoms with Crippen LogP contribution in [-0.4, -0.2) is 17.7 Å². The molecule has 9 heteroatoms. The van der Waals surface area contributed by atoms with Gasteiger partial charge in [-0.3, -0.25) is 25.2 Å². The van der Waals surface area contributed by atoms with E-state index in [1.165, 1.54) is 30.5 Å². The Bertz CT molecular complexity index is 1020. The second-order valence-corrected chi connectivity index (χ2v) is 6.11. The number of hydrogen-bond acceptors (Lipinski definition) is 5. The normalized spacial score (nSPS) is 10.2. The lowest BCUT2D eigenvalue weighted by Gasteiger charge is -2.10. The lowest BCUT2D eigenvalue weighted by atomic mass is 10.2. The third-order valence-corrected chi connectivity index (χ3v) is 3.91. The van der Waals surface area contributed by atoms with E-state index >= 15 is 0 Å². The highest BCUT2D eigenvalue weighted by atomic mass is 19.1. The van der Waals surface area contributed by atoms with Gasteiger partial charge in [0.05, 0.1) is 12.8 Å². The Hall–Kier alpha value is -4.14. The molecule has 0 aliphatic carbocycles. The molecule has 0 saturated carbocycles. The van der Waals surface area contributed by atoms with E-state index in [-0.39, 0.29) is 24.5 Å². The van der Waals surface area contributed by atoms with Gasteiger partial charge in [0.25, 0.3) is 5.91 Å². The van der Waals surface area contributed by atoms with Gasteiger partial charge in [-0.1, -0.05) is 18.2 Å². The van der Waals surface area contributed by atoms with Crippen LogP contribution in [0.5, 0.6) is 5.75 Å². The fourth-order valence-corrected chi connectivity index (χ4v) is 2.38. The Kier molecular flexibility index (Phi) is 6.78. The van der Waals surface area contributed by atoms with Crippen molar-refractivity contribution in [1.82, 2.24) is 16.2 Å². The molecule has 0 atom stereocenters. The first-order valence-electron chi connectivity index (χ1n) is 8.89. The lowest BCUT2D eigenvalue weighted by molar-refractivity contribution is -0.139. The third kappa shape index (κ3) is 5.93. The van der Waals surface area contributed by atoms with E-state index in [4.69, 9.17) is 9.15 Å². The maximum atomic E-state index is 12.9. The van der Waals surface area contributed by atoms with Crippen LogP contribution in [0.15, 0.2) is 71.3 Å². The van der Waals surface area contributed by atoms with Crippen molar-refractivity contribution in [2.75, 3.05) is 0 Å². The largest absolute Gasteiger partial charge is 0.489 e. The summed E-state index contributed by atoms with van der Waals surface area (Å²) in [5.74, 6) is -2.03. The van der Waals surface area contributed by atoms with E-state index in [1.807, 2.05) is 5.43 Å². The van der Waals surface area contributed by atoms with Gasteiger partial charge in [-0.05, 0) is 48.0 Å². The van der Waals surface area contributed by atoms with E-state index in [0.29, 0.717) is 11.5 Å². The van der Waals surface area contributed by atoms with Crippen LogP contribution in [0.4, 0.5) is 4.39 Å². The SMILES string of the molecule is O=C(NCc1ccco1)C(=O)NNC(=O)c1cccc(OCc2ccc(F)cc2)c1. The molecule has 3 amide bonds. The molecule has 3 rings (SSSR count). The number of halogens is 1. The minimum Gasteiger partial charge on any atom is -0.489 e. The Morgan fingerprint density at radius 1 is 0.933 bits per heavy atom. The molecule has 3 aromatic rings. The van der Waals surface area contributed by atoms with Gasteiger partial charge in [-0.15, -0.1) is 0 Å². The van der Waals surface area contributed by atoms with Gasteiger partial charge in [0.15, 0.2) is 0 Å². The molecule has 0 saturated heterocycles. The number of furan rings is 1. The summed E-state index contributed by atoms with van der Waals surface area (Å²) < 4.78 is 23.6. The van der Waals surface area contributed by atoms with E-state index in [2.05, 4.69) is 10.7 Å². The van der Waals surface area contributed by atoms with Crippen LogP contribution in [-0.2, 0) is 22.7 Å². The summed E-state index contributed by atoms with van der Waals surface area (Å²) in [6.07, 6.45) is 1.44. The number of benzene rings is 2. The highest BCUT2D eigenvalue weighted by Crippen LogP contribution is 2.15. The molecule has 154 valence electrons. The third-order valence-electron chi connectivity index (χ3n) is 3.91. The number of hydrogen-bond donors (Lipinski definition) is 3. The van der Waals surface area contributed by atoms with Gasteiger partial charge >= 0.3 is 11.8 Å². The smallest absolute Gasteiger partial charge is 0.327 e. The predicted octanol–water partition coefficient (Wildman–Crippen LogP) is 2.08. The zero-order chi connectivity index (χ0) is 21.3. The monoisotopic (exact) mass is 411 g/mol. The van der Waals surface area contributed by atoms with Gasteiger partial charge in [0, 0.05) is 5.56 Å². The van der Waals surface area contributed by atoms with Gasteiger partial charge in [-0.25, -0.2) is 4.39 Å². The van der Waals surface area contributed by atoms with Gasteiger partial charge in [-0.2, -0.15) is 0 Å². The first-order valence-corrected chi connectivity index (χ1v) is 8.89. The summed E-state index contributed by atoms with van der Waals surface area (Å²) in [6.45, 7) is 0.235. The summed E-state index contributed by atoms with van der Waals surface area (Å²) in [5.41, 5.74) is 5.17. The van der Waals surface area contributed by atoms with Crippen molar-refractivity contribution in [1.29, 1.82) is 0 Å². The van der Waals surface area contributed by atoms with Crippen molar-refractivity contribution in [2.45, 2.75) is 13.2 Å². The van der Waals surface area contributed by atoms with Crippen molar-refractivity contribution in [3.8, 4) is 5.75 Å². The molecule has 3 N–H and O–H groups in total. The maximum Gasteiger partial charge on any atom is 0.327 e. The molecule has 0 spiro atoms. The molecule has 0 unspecified atom stereocenters. The minimum atomic E-state index is -1.03. The van der Waals surface area contributed by atoms with Gasteiger partial charge in [0.2, 0.25) is 0 Å². The molecular formula is C21H18FN3O5. The molecule has 1 heterocycles. The molecule has 1 aromatic heterocycles. The van der Waals surface area contributed by atoms with E-state index < -0.39 is 17.7 Å². The lowest BCUT2D eigenvalue weighted by Crippen LogP contribution is -2.48. The second kappa shape index (κ2) is 9.87. The van der Waals surface area contributed by atoms with E-state index in [9.17, 15) is 18.8 Å². The molecule has 2 aromatic carbocycles. The molecule has 0 aliphatic heterocycles. The highest BCUT2D eigenvalue weighted by Gasteiger charge is 2.15. The fourth-order valence-electron chi connectivity index (χ4n) is 2.38. The topological polar surface area (TPSA) is 110 Å². The number of amides is 3. The van der Waals surface area contributed by atoms with Crippen LogP contribution in [0.2, 0.25) is 0 Å². The highest BCUT2D eigenvalue weighted by molar-refractivity contribution is 6.35. The first-order chi connectivity index (χ1) is 14.5. The number of carbonyl (C=O) groups is 3. The molecule has 0 radical (unpaired) electrons. The minimum absolute atomic E-state index is 0.0423. The van der Waals surface area contributed by atoms with Crippen molar-refractivity contribution in [2.24, 2.45) is 0 Å². The molecule has 0 bridgehead atoms. The summed E-state index contributed by atoms with van der Waals surface area (Å²) in [5, 5.41) is 2.35. The Morgan fingerprint density at radius 2 is 1.73 bits per heavy atom. The average Bonchev–Trinajstić information content (AvgIpc) is 3.29. The Balaban J connectivity index is 1.47. The molecular weight excluding hydrogens is 393 g/mol. The van der Waals surface area contributed by atoms with Crippen molar-refractivity contribution < 1.29 is 27.9 Å². The number of ether oxygens (including phenoxy) is 1. The molecule has 30 heavy (non-hydrogen) atoms. The fraction of sp³-hybridized carbons (Fsp3) is 0.0952. The van der Waals surface area contributed by atoms with Crippen molar-refractivity contribution in [3.05, 3.63) is 89.6 Å². The quantitative estimate of drug-likeness (QED) is 0.425. The van der Waals surface area contributed by atoms with Crippen molar-refractivity contribution in [3.63, 3.8) is 0 Å². The number of carbonyl (C=O) groups excluding carboxylic acids is 3. The van der Waals surface area contributed by atoms with Crippen LogP contribution < -0.4 is 20.9 Å². The van der Waals surface area contributed by atoms with Crippen LogP contribution in [0.1, 0.15) is 21.7 Å². The van der Waals surface area contributed by atoms with Crippen LogP contribution in [0.25, 0.3) is 0 Å². The standard InChI is InChI=1S/C21H18FN3O5/c22-16-8-6-14(7-9-16)13-30-17-4-1-3-15(11-17)19(26)24-25-21(28)20(27)23-12-18-5-2-10-29-18/h1-11H,12-13H2,(H,23,27)(H,24,26)(H,25,28). The zero-order valence-corrected chi connectivity index (χ0v) is 15.7. The molecule has 8 nitrogen and oxygen atoms in total. The predicted molar refractivity (Wildman–Crippen MR) is 103 cm³/mol. The molecule has 0 fully saturated rings. The number of nitrogens with one attached hydrogen (secondary N) is 3. The summed E-state index contributed by atoms with van der Waals surface area (Å²) in [4.78, 5) is 35.7. The number of hydrazine groups is 1. The average molecular weight is 411 g/mol. The first kappa shape index (κ1) is 20.6. The van der Waals surface area contributed by atoms with Crippen LogP contribution >= 0.6 is 0 Å². The summed E-state index contributed by atoms with van der Waals surface area (Å²) in [7, 11) is 0. The van der Waals surface area contributed by atoms with Gasteiger partial charge in [0.1, 0.15) is 23.9 Å². The van der Waals surface area contributed by atoms with Crippen molar-refractivity contribution >= 4 is 17.7 Å². The maximum absolute atomic E-state index is 12.9. The number of rotatable bonds is 6. The van der Waals surface area contributed by atoms with E-state index in [1.54, 1.807) is 36.4 Å². The van der Waals surface area contributed by atoms with Crippen LogP contribution in [0.3, 0.4) is 0 Å². The second-order valence-electron chi connectivity index (χ2n) is 6.11. The Labute approximate surface area is 171 Å². The summed E-state index contributed by atoms with van der Waals surface area (Å²) in [6, 6.07) is 15.4. The molecule has 0 aliphatic rings. The van der Waals surface area contributed by atoms with Crippen LogP contribution in [0, 0.1) is 5.82 Å². The summed E-state index contributed by atoms with van der Waals surface area (Å²) >= 11 is 0. The van der Waals surface area contributed by atoms with Gasteiger partial charge < -0.3 is 14.5 Å². The van der Waals surface area contributed by atoms with E-state index in [0.717, 1.165) is 5.56 Å². The Morgan fingerprint density at radius 3 is 2.47 bits per heavy atom.